The molecule has 0 bridgehead atoms. The first-order valence-corrected chi connectivity index (χ1v) is 9.85. The summed E-state index contributed by atoms with van der Waals surface area (Å²) >= 11 is 3.39. The number of amides is 1. The fourth-order valence-electron chi connectivity index (χ4n) is 2.10. The Bertz CT molecular complexity index is 901. The molecule has 1 heterocycles. The van der Waals surface area contributed by atoms with Gasteiger partial charge < -0.3 is 14.5 Å². The number of aryl methyl sites for hydroxylation is 1. The summed E-state index contributed by atoms with van der Waals surface area (Å²) in [6, 6.07) is 15.3. The van der Waals surface area contributed by atoms with Gasteiger partial charge in [-0.05, 0) is 59.3 Å². The van der Waals surface area contributed by atoms with E-state index in [0.29, 0.717) is 11.1 Å². The van der Waals surface area contributed by atoms with Crippen molar-refractivity contribution in [3.05, 3.63) is 63.6 Å². The Morgan fingerprint density at radius 3 is 2.88 bits per heavy atom. The second-order valence-corrected chi connectivity index (χ2v) is 7.54. The lowest BCUT2D eigenvalue weighted by Crippen LogP contribution is -2.14. The van der Waals surface area contributed by atoms with E-state index in [4.69, 9.17) is 9.15 Å². The van der Waals surface area contributed by atoms with E-state index in [-0.39, 0.29) is 18.3 Å². The van der Waals surface area contributed by atoms with Crippen LogP contribution in [0.2, 0.25) is 0 Å². The van der Waals surface area contributed by atoms with E-state index in [1.807, 2.05) is 55.5 Å². The van der Waals surface area contributed by atoms with Crippen LogP contribution in [0, 0.1) is 10.5 Å². The summed E-state index contributed by atoms with van der Waals surface area (Å²) in [4.78, 5) is 12.0. The normalized spacial score (nSPS) is 10.5. The second kappa shape index (κ2) is 9.04. The molecule has 0 saturated heterocycles. The van der Waals surface area contributed by atoms with E-state index < -0.39 is 0 Å². The summed E-state index contributed by atoms with van der Waals surface area (Å²) in [5.74, 6) is 1.20. The second-order valence-electron chi connectivity index (χ2n) is 5.36. The molecule has 1 amide bonds. The van der Waals surface area contributed by atoms with Crippen molar-refractivity contribution in [2.75, 3.05) is 11.1 Å². The quantitative estimate of drug-likeness (QED) is 0.401. The van der Waals surface area contributed by atoms with Gasteiger partial charge in [0.25, 0.3) is 11.1 Å². The molecule has 0 fully saturated rings. The number of carbonyl (C=O) groups excluding carboxylic acids is 1. The number of ether oxygens (including phenoxy) is 1. The lowest BCUT2D eigenvalue weighted by atomic mass is 10.2. The van der Waals surface area contributed by atoms with Gasteiger partial charge in [0.2, 0.25) is 5.91 Å². The minimum Gasteiger partial charge on any atom is -0.484 e. The number of anilines is 1. The molecule has 8 heteroatoms. The average Bonchev–Trinajstić information content (AvgIpc) is 3.07. The van der Waals surface area contributed by atoms with Crippen LogP contribution >= 0.6 is 34.4 Å². The number of thioether (sulfide) groups is 1. The maximum atomic E-state index is 12.0. The van der Waals surface area contributed by atoms with Gasteiger partial charge in [-0.1, -0.05) is 36.0 Å². The maximum absolute atomic E-state index is 12.0. The SMILES string of the molecule is Cc1ccccc1OCc1nnc(SCC(=O)Nc2cccc(I)c2)o1. The summed E-state index contributed by atoms with van der Waals surface area (Å²) in [5.41, 5.74) is 1.80. The standard InChI is InChI=1S/C18H16IN3O3S/c1-12-5-2-3-8-15(12)24-10-17-21-22-18(25-17)26-11-16(23)20-14-7-4-6-13(19)9-14/h2-9H,10-11H2,1H3,(H,20,23). The molecular formula is C18H16IN3O3S. The largest absolute Gasteiger partial charge is 0.484 e. The van der Waals surface area contributed by atoms with E-state index in [1.165, 1.54) is 11.8 Å². The van der Waals surface area contributed by atoms with E-state index in [1.54, 1.807) is 0 Å². The predicted molar refractivity (Wildman–Crippen MR) is 108 cm³/mol. The van der Waals surface area contributed by atoms with Gasteiger partial charge in [-0.15, -0.1) is 10.2 Å². The highest BCUT2D eigenvalue weighted by molar-refractivity contribution is 14.1. The number of nitrogens with one attached hydrogen (secondary N) is 1. The summed E-state index contributed by atoms with van der Waals surface area (Å²) in [7, 11) is 0. The first-order chi connectivity index (χ1) is 12.6. The number of carbonyl (C=O) groups is 1. The Hall–Kier alpha value is -2.07. The monoisotopic (exact) mass is 481 g/mol. The Labute approximate surface area is 168 Å². The maximum Gasteiger partial charge on any atom is 0.277 e. The first-order valence-electron chi connectivity index (χ1n) is 7.79. The minimum atomic E-state index is -0.132. The molecule has 0 radical (unpaired) electrons. The number of rotatable bonds is 7. The van der Waals surface area contributed by atoms with Gasteiger partial charge in [0.1, 0.15) is 5.75 Å². The van der Waals surface area contributed by atoms with Gasteiger partial charge in [0.05, 0.1) is 5.75 Å². The molecule has 0 aliphatic rings. The third-order valence-electron chi connectivity index (χ3n) is 3.33. The van der Waals surface area contributed by atoms with Crippen LogP contribution in [0.1, 0.15) is 11.5 Å². The Morgan fingerprint density at radius 1 is 1.23 bits per heavy atom. The van der Waals surface area contributed by atoms with Crippen molar-refractivity contribution in [2.45, 2.75) is 18.8 Å². The Kier molecular flexibility index (Phi) is 6.51. The molecule has 0 aliphatic carbocycles. The van der Waals surface area contributed by atoms with E-state index in [9.17, 15) is 4.79 Å². The highest BCUT2D eigenvalue weighted by Gasteiger charge is 2.11. The van der Waals surface area contributed by atoms with Crippen LogP contribution in [0.4, 0.5) is 5.69 Å². The van der Waals surface area contributed by atoms with Crippen LogP contribution in [0.25, 0.3) is 0 Å². The fraction of sp³-hybridized carbons (Fsp3) is 0.167. The Balaban J connectivity index is 1.47. The van der Waals surface area contributed by atoms with Crippen LogP contribution in [-0.4, -0.2) is 21.9 Å². The lowest BCUT2D eigenvalue weighted by Gasteiger charge is -2.05. The smallest absolute Gasteiger partial charge is 0.277 e. The summed E-state index contributed by atoms with van der Waals surface area (Å²) in [6.07, 6.45) is 0. The molecule has 0 saturated carbocycles. The third kappa shape index (κ3) is 5.46. The zero-order valence-electron chi connectivity index (χ0n) is 13.9. The van der Waals surface area contributed by atoms with Crippen molar-refractivity contribution >= 4 is 45.9 Å². The fourth-order valence-corrected chi connectivity index (χ4v) is 3.23. The van der Waals surface area contributed by atoms with Gasteiger partial charge in [-0.2, -0.15) is 0 Å². The van der Waals surface area contributed by atoms with Crippen LogP contribution < -0.4 is 10.1 Å². The molecule has 134 valence electrons. The van der Waals surface area contributed by atoms with E-state index in [0.717, 1.165) is 20.6 Å². The number of hydrogen-bond acceptors (Lipinski definition) is 6. The van der Waals surface area contributed by atoms with Crippen molar-refractivity contribution < 1.29 is 13.9 Å². The summed E-state index contributed by atoms with van der Waals surface area (Å²) < 4.78 is 12.2. The van der Waals surface area contributed by atoms with Crippen molar-refractivity contribution in [1.29, 1.82) is 0 Å². The van der Waals surface area contributed by atoms with E-state index >= 15 is 0 Å². The zero-order valence-corrected chi connectivity index (χ0v) is 16.9. The number of aromatic nitrogens is 2. The summed E-state index contributed by atoms with van der Waals surface area (Å²) in [6.45, 7) is 2.16. The van der Waals surface area contributed by atoms with Crippen LogP contribution in [-0.2, 0) is 11.4 Å². The molecule has 3 rings (SSSR count). The predicted octanol–water partition coefficient (Wildman–Crippen LogP) is 4.29. The van der Waals surface area contributed by atoms with Crippen molar-refractivity contribution in [1.82, 2.24) is 10.2 Å². The topological polar surface area (TPSA) is 77.2 Å². The van der Waals surface area contributed by atoms with Crippen molar-refractivity contribution in [3.63, 3.8) is 0 Å². The minimum absolute atomic E-state index is 0.132. The number of benzene rings is 2. The lowest BCUT2D eigenvalue weighted by molar-refractivity contribution is -0.113. The molecule has 0 spiro atoms. The van der Waals surface area contributed by atoms with Crippen molar-refractivity contribution in [3.8, 4) is 5.75 Å². The van der Waals surface area contributed by atoms with Gasteiger partial charge in [-0.3, -0.25) is 4.79 Å². The van der Waals surface area contributed by atoms with Gasteiger partial charge in [-0.25, -0.2) is 0 Å². The highest BCUT2D eigenvalue weighted by atomic mass is 127. The number of para-hydroxylation sites is 1. The number of hydrogen-bond donors (Lipinski definition) is 1. The van der Waals surface area contributed by atoms with E-state index in [2.05, 4.69) is 38.1 Å². The molecule has 0 atom stereocenters. The van der Waals surface area contributed by atoms with Gasteiger partial charge in [0, 0.05) is 9.26 Å². The molecule has 1 aromatic heterocycles. The molecule has 26 heavy (non-hydrogen) atoms. The van der Waals surface area contributed by atoms with Gasteiger partial charge in [0.15, 0.2) is 6.61 Å². The molecular weight excluding hydrogens is 465 g/mol. The first kappa shape index (κ1) is 18.7. The van der Waals surface area contributed by atoms with Crippen LogP contribution in [0.5, 0.6) is 5.75 Å². The highest BCUT2D eigenvalue weighted by Crippen LogP contribution is 2.20. The van der Waals surface area contributed by atoms with Crippen molar-refractivity contribution in [2.24, 2.45) is 0 Å². The van der Waals surface area contributed by atoms with Crippen LogP contribution in [0.3, 0.4) is 0 Å². The molecule has 0 aliphatic heterocycles. The molecule has 2 aromatic carbocycles. The molecule has 6 nitrogen and oxygen atoms in total. The zero-order chi connectivity index (χ0) is 18.4. The van der Waals surface area contributed by atoms with Crippen LogP contribution in [0.15, 0.2) is 58.2 Å². The molecule has 0 unspecified atom stereocenters. The number of halogens is 1. The molecule has 1 N–H and O–H groups in total. The summed E-state index contributed by atoms with van der Waals surface area (Å²) in [5, 5.41) is 11.0. The molecule has 3 aromatic rings. The average molecular weight is 481 g/mol. The third-order valence-corrected chi connectivity index (χ3v) is 4.82. The van der Waals surface area contributed by atoms with Gasteiger partial charge >= 0.3 is 0 Å². The Morgan fingerprint density at radius 2 is 2.08 bits per heavy atom. The number of nitrogens with zero attached hydrogens (tertiary/aromatic N) is 2.